The summed E-state index contributed by atoms with van der Waals surface area (Å²) >= 11 is 3.31. The Labute approximate surface area is 102 Å². The van der Waals surface area contributed by atoms with Gasteiger partial charge in [0.15, 0.2) is 0 Å². The first-order chi connectivity index (χ1) is 7.04. The second-order valence-electron chi connectivity index (χ2n) is 3.13. The van der Waals surface area contributed by atoms with Crippen molar-refractivity contribution in [3.05, 3.63) is 0 Å². The summed E-state index contributed by atoms with van der Waals surface area (Å²) in [6, 6.07) is 0. The molecule has 0 N–H and O–H groups in total. The van der Waals surface area contributed by atoms with Crippen LogP contribution < -0.4 is 0 Å². The molecule has 0 spiro atoms. The van der Waals surface area contributed by atoms with E-state index < -0.39 is 10.2 Å². The van der Waals surface area contributed by atoms with Crippen molar-refractivity contribution in [2.75, 3.05) is 31.5 Å². The fourth-order valence-electron chi connectivity index (χ4n) is 1.39. The summed E-state index contributed by atoms with van der Waals surface area (Å²) in [6.07, 6.45) is 0.842. The van der Waals surface area contributed by atoms with Gasteiger partial charge in [0.25, 0.3) is 10.2 Å². The third kappa shape index (κ3) is 4.38. The third-order valence-electron chi connectivity index (χ3n) is 2.25. The average Bonchev–Trinajstić information content (AvgIpc) is 2.20. The predicted molar refractivity (Wildman–Crippen MR) is 67.5 cm³/mol. The highest BCUT2D eigenvalue weighted by molar-refractivity contribution is 9.09. The van der Waals surface area contributed by atoms with Gasteiger partial charge in [0, 0.05) is 31.5 Å². The van der Waals surface area contributed by atoms with Gasteiger partial charge in [-0.25, -0.2) is 0 Å². The molecule has 6 heteroatoms. The Morgan fingerprint density at radius 2 is 1.47 bits per heavy atom. The molecule has 15 heavy (non-hydrogen) atoms. The molecule has 92 valence electrons. The highest BCUT2D eigenvalue weighted by atomic mass is 79.9. The van der Waals surface area contributed by atoms with Gasteiger partial charge < -0.3 is 0 Å². The summed E-state index contributed by atoms with van der Waals surface area (Å²) in [7, 11) is -3.24. The second-order valence-corrected chi connectivity index (χ2v) is 5.85. The lowest BCUT2D eigenvalue weighted by atomic mass is 10.5. The van der Waals surface area contributed by atoms with Gasteiger partial charge in [-0.05, 0) is 6.42 Å². The molecule has 0 rings (SSSR count). The van der Waals surface area contributed by atoms with E-state index in [1.54, 1.807) is 0 Å². The molecule has 0 unspecified atom stereocenters. The van der Waals surface area contributed by atoms with E-state index in [-0.39, 0.29) is 0 Å². The number of nitrogens with zero attached hydrogens (tertiary/aromatic N) is 2. The van der Waals surface area contributed by atoms with E-state index in [1.165, 1.54) is 8.61 Å². The lowest BCUT2D eigenvalue weighted by Gasteiger charge is -2.27. The maximum absolute atomic E-state index is 12.1. The Balaban J connectivity index is 4.64. The van der Waals surface area contributed by atoms with Gasteiger partial charge >= 0.3 is 0 Å². The topological polar surface area (TPSA) is 40.6 Å². The van der Waals surface area contributed by atoms with Crippen molar-refractivity contribution in [2.24, 2.45) is 0 Å². The Kier molecular flexibility index (Phi) is 7.77. The minimum atomic E-state index is -3.24. The van der Waals surface area contributed by atoms with Crippen molar-refractivity contribution in [3.8, 4) is 0 Å². The highest BCUT2D eigenvalue weighted by Crippen LogP contribution is 2.08. The predicted octanol–water partition coefficient (Wildman–Crippen LogP) is 1.68. The van der Waals surface area contributed by atoms with Crippen molar-refractivity contribution >= 4 is 26.1 Å². The first kappa shape index (κ1) is 15.3. The van der Waals surface area contributed by atoms with Gasteiger partial charge in [0.05, 0.1) is 0 Å². The normalized spacial score (nSPS) is 12.7. The van der Waals surface area contributed by atoms with Crippen molar-refractivity contribution < 1.29 is 8.42 Å². The Bertz CT molecular complexity index is 253. The molecule has 0 aromatic carbocycles. The van der Waals surface area contributed by atoms with Crippen LogP contribution in [-0.4, -0.2) is 48.5 Å². The average molecular weight is 301 g/mol. The van der Waals surface area contributed by atoms with Crippen LogP contribution in [0.25, 0.3) is 0 Å². The van der Waals surface area contributed by atoms with E-state index in [9.17, 15) is 8.42 Å². The van der Waals surface area contributed by atoms with Crippen molar-refractivity contribution in [2.45, 2.75) is 27.2 Å². The van der Waals surface area contributed by atoms with Crippen molar-refractivity contribution in [1.29, 1.82) is 0 Å². The van der Waals surface area contributed by atoms with Crippen LogP contribution in [0.3, 0.4) is 0 Å². The van der Waals surface area contributed by atoms with Crippen LogP contribution in [0.1, 0.15) is 27.2 Å². The number of halogens is 1. The number of alkyl halides is 1. The van der Waals surface area contributed by atoms with Crippen LogP contribution >= 0.6 is 15.9 Å². The van der Waals surface area contributed by atoms with Crippen LogP contribution in [0.2, 0.25) is 0 Å². The molecule has 0 saturated heterocycles. The lowest BCUT2D eigenvalue weighted by molar-refractivity contribution is 0.357. The van der Waals surface area contributed by atoms with E-state index in [1.807, 2.05) is 20.8 Å². The summed E-state index contributed by atoms with van der Waals surface area (Å²) in [5, 5.41) is 0.831. The molecule has 0 aromatic rings. The third-order valence-corrected chi connectivity index (χ3v) is 5.07. The largest absolute Gasteiger partial charge is 0.281 e. The summed E-state index contributed by atoms with van der Waals surface area (Å²) < 4.78 is 27.2. The zero-order valence-corrected chi connectivity index (χ0v) is 12.1. The first-order valence-electron chi connectivity index (χ1n) is 5.35. The second kappa shape index (κ2) is 7.60. The highest BCUT2D eigenvalue weighted by Gasteiger charge is 2.25. The Morgan fingerprint density at radius 3 is 1.80 bits per heavy atom. The van der Waals surface area contributed by atoms with Gasteiger partial charge in [0.1, 0.15) is 0 Å². The van der Waals surface area contributed by atoms with Crippen molar-refractivity contribution in [1.82, 2.24) is 8.61 Å². The van der Waals surface area contributed by atoms with Gasteiger partial charge in [0.2, 0.25) is 0 Å². The van der Waals surface area contributed by atoms with Crippen LogP contribution in [0.4, 0.5) is 0 Å². The van der Waals surface area contributed by atoms with Gasteiger partial charge in [-0.1, -0.05) is 36.7 Å². The molecule has 0 fully saturated rings. The van der Waals surface area contributed by atoms with Gasteiger partial charge in [-0.15, -0.1) is 0 Å². The zero-order chi connectivity index (χ0) is 11.9. The molecule has 0 heterocycles. The first-order valence-corrected chi connectivity index (χ1v) is 7.87. The lowest BCUT2D eigenvalue weighted by Crippen LogP contribution is -2.44. The quantitative estimate of drug-likeness (QED) is 0.640. The monoisotopic (exact) mass is 300 g/mol. The van der Waals surface area contributed by atoms with Gasteiger partial charge in [-0.3, -0.25) is 0 Å². The molecule has 0 aliphatic carbocycles. The van der Waals surface area contributed by atoms with E-state index in [0.717, 1.165) is 11.8 Å². The number of hydrogen-bond acceptors (Lipinski definition) is 2. The smallest absolute Gasteiger partial charge is 0.195 e. The fourth-order valence-corrected chi connectivity index (χ4v) is 3.30. The summed E-state index contributed by atoms with van der Waals surface area (Å²) in [5.74, 6) is 0. The Hall–Kier alpha value is 0.350. The molecular formula is C9H21BrN2O2S. The minimum absolute atomic E-state index is 0.531. The number of rotatable bonds is 8. The Morgan fingerprint density at radius 1 is 1.00 bits per heavy atom. The SMILES string of the molecule is CCN(CC)S(=O)(=O)N(CC)CCCBr. The molecule has 0 saturated carbocycles. The maximum Gasteiger partial charge on any atom is 0.281 e. The maximum atomic E-state index is 12.1. The van der Waals surface area contributed by atoms with Crippen LogP contribution in [-0.2, 0) is 10.2 Å². The molecule has 0 bridgehead atoms. The molecule has 0 radical (unpaired) electrons. The molecule has 0 atom stereocenters. The molecule has 0 aromatic heterocycles. The molecule has 0 aliphatic heterocycles. The fraction of sp³-hybridized carbons (Fsp3) is 1.00. The zero-order valence-electron chi connectivity index (χ0n) is 9.74. The standard InChI is InChI=1S/C9H21BrN2O2S/c1-4-11(5-2)15(13,14)12(6-3)9-7-8-10/h4-9H2,1-3H3. The number of hydrogen-bond donors (Lipinski definition) is 0. The molecule has 0 aliphatic rings. The van der Waals surface area contributed by atoms with E-state index in [4.69, 9.17) is 0 Å². The van der Waals surface area contributed by atoms with Crippen LogP contribution in [0.15, 0.2) is 0 Å². The summed E-state index contributed by atoms with van der Waals surface area (Å²) in [4.78, 5) is 0. The molecule has 0 amide bonds. The summed E-state index contributed by atoms with van der Waals surface area (Å²) in [5.41, 5.74) is 0. The van der Waals surface area contributed by atoms with Crippen molar-refractivity contribution in [3.63, 3.8) is 0 Å². The molecule has 4 nitrogen and oxygen atoms in total. The van der Waals surface area contributed by atoms with Crippen LogP contribution in [0.5, 0.6) is 0 Å². The van der Waals surface area contributed by atoms with E-state index in [0.29, 0.717) is 26.2 Å². The van der Waals surface area contributed by atoms with E-state index in [2.05, 4.69) is 15.9 Å². The van der Waals surface area contributed by atoms with Gasteiger partial charge in [-0.2, -0.15) is 17.0 Å². The summed E-state index contributed by atoms with van der Waals surface area (Å²) in [6.45, 7) is 7.77. The van der Waals surface area contributed by atoms with Crippen LogP contribution in [0, 0.1) is 0 Å². The van der Waals surface area contributed by atoms with E-state index >= 15 is 0 Å². The molecular weight excluding hydrogens is 280 g/mol. The minimum Gasteiger partial charge on any atom is -0.195 e.